The molecule has 1 fully saturated rings. The van der Waals surface area contributed by atoms with Gasteiger partial charge in [-0.1, -0.05) is 18.2 Å². The van der Waals surface area contributed by atoms with Gasteiger partial charge in [0.2, 0.25) is 0 Å². The van der Waals surface area contributed by atoms with Gasteiger partial charge in [0.05, 0.1) is 32.7 Å². The van der Waals surface area contributed by atoms with Crippen LogP contribution in [0, 0.1) is 5.82 Å². The number of quaternary nitrogens is 1. The van der Waals surface area contributed by atoms with Crippen molar-refractivity contribution in [3.05, 3.63) is 96.1 Å². The first kappa shape index (κ1) is 20.0. The van der Waals surface area contributed by atoms with Gasteiger partial charge in [-0.05, 0) is 48.5 Å². The molecule has 3 aromatic rings. The highest BCUT2D eigenvalue weighted by Gasteiger charge is 2.29. The van der Waals surface area contributed by atoms with Crippen LogP contribution in [0.25, 0.3) is 0 Å². The van der Waals surface area contributed by atoms with E-state index in [0.29, 0.717) is 12.1 Å². The van der Waals surface area contributed by atoms with Crippen LogP contribution in [0.3, 0.4) is 0 Å². The maximum Gasteiger partial charge on any atom is 0.251 e. The molecule has 2 N–H and O–H groups in total. The van der Waals surface area contributed by atoms with E-state index >= 15 is 0 Å². The molecule has 5 nitrogen and oxygen atoms in total. The lowest BCUT2D eigenvalue weighted by molar-refractivity contribution is -0.931. The minimum absolute atomic E-state index is 0.0613. The number of benzene rings is 2. The van der Waals surface area contributed by atoms with Gasteiger partial charge in [0.25, 0.3) is 5.91 Å². The molecule has 2 heterocycles. The average Bonchev–Trinajstić information content (AvgIpc) is 2.81. The van der Waals surface area contributed by atoms with Gasteiger partial charge in [0.15, 0.2) is 0 Å². The third kappa shape index (κ3) is 4.83. The highest BCUT2D eigenvalue weighted by atomic mass is 19.1. The first-order valence-corrected chi connectivity index (χ1v) is 10.3. The van der Waals surface area contributed by atoms with Crippen LogP contribution in [0.5, 0.6) is 0 Å². The Morgan fingerprint density at radius 2 is 1.77 bits per heavy atom. The minimum atomic E-state index is -0.214. The summed E-state index contributed by atoms with van der Waals surface area (Å²) in [5.41, 5.74) is 2.83. The van der Waals surface area contributed by atoms with Crippen molar-refractivity contribution in [1.82, 2.24) is 10.3 Å². The second kappa shape index (κ2) is 9.50. The van der Waals surface area contributed by atoms with E-state index in [-0.39, 0.29) is 17.8 Å². The molecule has 0 aliphatic carbocycles. The first-order valence-electron chi connectivity index (χ1n) is 10.3. The lowest BCUT2D eigenvalue weighted by Crippen LogP contribution is -3.15. The predicted octanol–water partition coefficient (Wildman–Crippen LogP) is 2.10. The number of nitrogens with zero attached hydrogens (tertiary/aromatic N) is 2. The molecule has 1 aliphatic heterocycles. The molecule has 0 bridgehead atoms. The summed E-state index contributed by atoms with van der Waals surface area (Å²) in [6.45, 7) is 4.16. The number of carbonyl (C=O) groups excluding carboxylic acids is 1. The number of amides is 1. The van der Waals surface area contributed by atoms with Gasteiger partial charge in [-0.2, -0.15) is 0 Å². The fourth-order valence-corrected chi connectivity index (χ4v) is 4.02. The number of hydrogen-bond donors (Lipinski definition) is 2. The van der Waals surface area contributed by atoms with Crippen molar-refractivity contribution in [1.29, 1.82) is 0 Å². The van der Waals surface area contributed by atoms with Gasteiger partial charge in [0.1, 0.15) is 11.9 Å². The number of pyridine rings is 1. The van der Waals surface area contributed by atoms with Gasteiger partial charge in [-0.25, -0.2) is 4.39 Å². The van der Waals surface area contributed by atoms with E-state index in [1.54, 1.807) is 6.20 Å². The van der Waals surface area contributed by atoms with Crippen LogP contribution in [-0.4, -0.2) is 43.6 Å². The van der Waals surface area contributed by atoms with Crippen molar-refractivity contribution < 1.29 is 14.1 Å². The normalized spacial score (nSPS) is 15.6. The van der Waals surface area contributed by atoms with Crippen LogP contribution in [0.4, 0.5) is 10.1 Å². The molecule has 6 heteroatoms. The maximum absolute atomic E-state index is 13.2. The number of anilines is 1. The molecule has 1 atom stereocenters. The van der Waals surface area contributed by atoms with Crippen LogP contribution in [-0.2, 0) is 0 Å². The van der Waals surface area contributed by atoms with Crippen molar-refractivity contribution in [3.8, 4) is 0 Å². The Balaban J connectivity index is 1.43. The molecule has 1 saturated heterocycles. The third-order valence-electron chi connectivity index (χ3n) is 5.68. The van der Waals surface area contributed by atoms with E-state index in [4.69, 9.17) is 0 Å². The van der Waals surface area contributed by atoms with E-state index in [1.165, 1.54) is 17.0 Å². The van der Waals surface area contributed by atoms with Gasteiger partial charge in [0, 0.05) is 29.2 Å². The molecule has 154 valence electrons. The number of nitrogens with one attached hydrogen (secondary N) is 2. The Morgan fingerprint density at radius 3 is 2.43 bits per heavy atom. The molecule has 1 aromatic heterocycles. The largest absolute Gasteiger partial charge is 0.360 e. The SMILES string of the molecule is O=C(NCC(c1cccnc1)[NH+]1CCN(c2ccc(F)cc2)CC1)c1ccccc1. The average molecular weight is 405 g/mol. The molecule has 2 aromatic carbocycles. The summed E-state index contributed by atoms with van der Waals surface area (Å²) in [6.07, 6.45) is 3.66. The minimum Gasteiger partial charge on any atom is -0.360 e. The van der Waals surface area contributed by atoms with Crippen molar-refractivity contribution in [2.45, 2.75) is 6.04 Å². The fourth-order valence-electron chi connectivity index (χ4n) is 4.02. The molecule has 1 amide bonds. The summed E-state index contributed by atoms with van der Waals surface area (Å²) >= 11 is 0. The maximum atomic E-state index is 13.2. The molecular weight excluding hydrogens is 379 g/mol. The summed E-state index contributed by atoms with van der Waals surface area (Å²) < 4.78 is 13.2. The van der Waals surface area contributed by atoms with E-state index in [1.807, 2.05) is 54.7 Å². The third-order valence-corrected chi connectivity index (χ3v) is 5.68. The van der Waals surface area contributed by atoms with Crippen molar-refractivity contribution in [3.63, 3.8) is 0 Å². The molecule has 1 aliphatic rings. The fraction of sp³-hybridized carbons (Fsp3) is 0.250. The Bertz CT molecular complexity index is 942. The number of halogens is 1. The molecular formula is C24H26FN4O+. The topological polar surface area (TPSA) is 49.7 Å². The van der Waals surface area contributed by atoms with Gasteiger partial charge in [-0.3, -0.25) is 9.78 Å². The van der Waals surface area contributed by atoms with E-state index in [0.717, 1.165) is 37.4 Å². The quantitative estimate of drug-likeness (QED) is 0.660. The van der Waals surface area contributed by atoms with Gasteiger partial charge < -0.3 is 15.1 Å². The summed E-state index contributed by atoms with van der Waals surface area (Å²) in [4.78, 5) is 20.5. The smallest absolute Gasteiger partial charge is 0.251 e. The first-order chi connectivity index (χ1) is 14.7. The van der Waals surface area contributed by atoms with Crippen molar-refractivity contribution >= 4 is 11.6 Å². The van der Waals surface area contributed by atoms with Crippen LogP contribution in [0.15, 0.2) is 79.1 Å². The van der Waals surface area contributed by atoms with Crippen LogP contribution >= 0.6 is 0 Å². The lowest BCUT2D eigenvalue weighted by Gasteiger charge is -2.37. The van der Waals surface area contributed by atoms with Gasteiger partial charge >= 0.3 is 0 Å². The monoisotopic (exact) mass is 405 g/mol. The van der Waals surface area contributed by atoms with E-state index < -0.39 is 0 Å². The zero-order valence-electron chi connectivity index (χ0n) is 16.8. The second-order valence-corrected chi connectivity index (χ2v) is 7.54. The number of piperazine rings is 1. The summed E-state index contributed by atoms with van der Waals surface area (Å²) in [7, 11) is 0. The molecule has 30 heavy (non-hydrogen) atoms. The zero-order valence-corrected chi connectivity index (χ0v) is 16.8. The summed E-state index contributed by atoms with van der Waals surface area (Å²) in [6, 6.07) is 20.1. The summed E-state index contributed by atoms with van der Waals surface area (Å²) in [5.74, 6) is -0.275. The number of aromatic nitrogens is 1. The number of hydrogen-bond acceptors (Lipinski definition) is 3. The Hall–Kier alpha value is -3.25. The lowest BCUT2D eigenvalue weighted by atomic mass is 10.1. The Morgan fingerprint density at radius 1 is 1.03 bits per heavy atom. The predicted molar refractivity (Wildman–Crippen MR) is 115 cm³/mol. The van der Waals surface area contributed by atoms with E-state index in [2.05, 4.69) is 21.3 Å². The van der Waals surface area contributed by atoms with Crippen molar-refractivity contribution in [2.75, 3.05) is 37.6 Å². The molecule has 0 radical (unpaired) electrons. The van der Waals surface area contributed by atoms with Crippen LogP contribution < -0.4 is 15.1 Å². The van der Waals surface area contributed by atoms with Gasteiger partial charge in [-0.15, -0.1) is 0 Å². The number of rotatable bonds is 6. The van der Waals surface area contributed by atoms with Crippen LogP contribution in [0.1, 0.15) is 22.0 Å². The van der Waals surface area contributed by atoms with Crippen molar-refractivity contribution in [2.24, 2.45) is 0 Å². The molecule has 0 saturated carbocycles. The Kier molecular flexibility index (Phi) is 6.35. The second-order valence-electron chi connectivity index (χ2n) is 7.54. The Labute approximate surface area is 176 Å². The van der Waals surface area contributed by atoms with Crippen LogP contribution in [0.2, 0.25) is 0 Å². The standard InChI is InChI=1S/C24H25FN4O/c25-21-8-10-22(11-9-21)28-13-15-29(16-14-28)23(20-7-4-12-26-17-20)18-27-24(30)19-5-2-1-3-6-19/h1-12,17,23H,13-16,18H2,(H,27,30)/p+1. The molecule has 4 rings (SSSR count). The highest BCUT2D eigenvalue weighted by Crippen LogP contribution is 2.15. The number of carbonyl (C=O) groups is 1. The highest BCUT2D eigenvalue weighted by molar-refractivity contribution is 5.94. The molecule has 0 spiro atoms. The summed E-state index contributed by atoms with van der Waals surface area (Å²) in [5, 5.41) is 3.10. The molecule has 1 unspecified atom stereocenters. The van der Waals surface area contributed by atoms with E-state index in [9.17, 15) is 9.18 Å². The zero-order chi connectivity index (χ0) is 20.8.